The molecule has 0 fully saturated rings. The first kappa shape index (κ1) is 14.0. The predicted molar refractivity (Wildman–Crippen MR) is 84.2 cm³/mol. The molecule has 1 aliphatic rings. The predicted octanol–water partition coefficient (Wildman–Crippen LogP) is 2.90. The fourth-order valence-electron chi connectivity index (χ4n) is 2.41. The van der Waals surface area contributed by atoms with E-state index < -0.39 is 0 Å². The minimum absolute atomic E-state index is 0.0326. The molecule has 5 nitrogen and oxygen atoms in total. The Morgan fingerprint density at radius 1 is 1.09 bits per heavy atom. The van der Waals surface area contributed by atoms with Crippen molar-refractivity contribution in [2.24, 2.45) is 0 Å². The molecule has 2 aromatic rings. The summed E-state index contributed by atoms with van der Waals surface area (Å²) in [6, 6.07) is 10.4. The standard InChI is InChI=1S/C17H15NO4/c1-21-11-4-5-12-13(17(20)18-14(12)9-11)7-10-3-6-16(22-2)15(19)8-10/h3-9,19H,1-2H3,(H,18,20)/b13-7-. The van der Waals surface area contributed by atoms with Crippen molar-refractivity contribution in [3.8, 4) is 17.2 Å². The van der Waals surface area contributed by atoms with Crippen LogP contribution < -0.4 is 14.8 Å². The molecule has 0 spiro atoms. The van der Waals surface area contributed by atoms with E-state index in [-0.39, 0.29) is 11.7 Å². The van der Waals surface area contributed by atoms with Gasteiger partial charge >= 0.3 is 0 Å². The van der Waals surface area contributed by atoms with Gasteiger partial charge in [0.1, 0.15) is 5.75 Å². The third kappa shape index (κ3) is 2.37. The van der Waals surface area contributed by atoms with E-state index in [4.69, 9.17) is 9.47 Å². The first-order chi connectivity index (χ1) is 10.6. The summed E-state index contributed by atoms with van der Waals surface area (Å²) in [5, 5.41) is 12.6. The second-order valence-corrected chi connectivity index (χ2v) is 4.85. The van der Waals surface area contributed by atoms with Gasteiger partial charge in [-0.3, -0.25) is 4.79 Å². The number of ether oxygens (including phenoxy) is 2. The van der Waals surface area contributed by atoms with Crippen LogP contribution in [0.5, 0.6) is 17.2 Å². The van der Waals surface area contributed by atoms with Gasteiger partial charge in [-0.2, -0.15) is 0 Å². The van der Waals surface area contributed by atoms with E-state index in [1.807, 2.05) is 6.07 Å². The van der Waals surface area contributed by atoms with Gasteiger partial charge in [0, 0.05) is 17.2 Å². The van der Waals surface area contributed by atoms with Crippen molar-refractivity contribution in [2.45, 2.75) is 0 Å². The Bertz CT molecular complexity index is 780. The van der Waals surface area contributed by atoms with Crippen LogP contribution in [-0.2, 0) is 4.79 Å². The molecule has 0 aliphatic carbocycles. The first-order valence-corrected chi connectivity index (χ1v) is 6.71. The van der Waals surface area contributed by atoms with E-state index in [0.717, 1.165) is 5.56 Å². The van der Waals surface area contributed by atoms with Crippen molar-refractivity contribution in [3.63, 3.8) is 0 Å². The summed E-state index contributed by atoms with van der Waals surface area (Å²) in [4.78, 5) is 12.1. The zero-order chi connectivity index (χ0) is 15.7. The van der Waals surface area contributed by atoms with Gasteiger partial charge in [0.25, 0.3) is 5.91 Å². The van der Waals surface area contributed by atoms with Gasteiger partial charge in [-0.1, -0.05) is 6.07 Å². The van der Waals surface area contributed by atoms with Crippen LogP contribution in [0.15, 0.2) is 36.4 Å². The molecule has 112 valence electrons. The van der Waals surface area contributed by atoms with Crippen LogP contribution in [0.2, 0.25) is 0 Å². The van der Waals surface area contributed by atoms with Gasteiger partial charge in [-0.05, 0) is 35.9 Å². The summed E-state index contributed by atoms with van der Waals surface area (Å²) in [6.45, 7) is 0. The lowest BCUT2D eigenvalue weighted by molar-refractivity contribution is -0.110. The number of methoxy groups -OCH3 is 2. The molecule has 1 amide bonds. The zero-order valence-corrected chi connectivity index (χ0v) is 12.2. The SMILES string of the molecule is COc1ccc2c(c1)NC(=O)/C2=C\c1ccc(OC)c(O)c1. The Balaban J connectivity index is 2.02. The van der Waals surface area contributed by atoms with Gasteiger partial charge in [0.15, 0.2) is 11.5 Å². The number of fused-ring (bicyclic) bond motifs is 1. The number of phenols is 1. The topological polar surface area (TPSA) is 67.8 Å². The first-order valence-electron chi connectivity index (χ1n) is 6.71. The average Bonchev–Trinajstić information content (AvgIpc) is 2.82. The molecule has 3 rings (SSSR count). The molecular formula is C17H15NO4. The number of rotatable bonds is 3. The monoisotopic (exact) mass is 297 g/mol. The summed E-state index contributed by atoms with van der Waals surface area (Å²) in [5.41, 5.74) is 2.78. The van der Waals surface area contributed by atoms with Crippen LogP contribution in [0.25, 0.3) is 11.6 Å². The Morgan fingerprint density at radius 3 is 2.59 bits per heavy atom. The minimum Gasteiger partial charge on any atom is -0.504 e. The lowest BCUT2D eigenvalue weighted by Crippen LogP contribution is -2.03. The summed E-state index contributed by atoms with van der Waals surface area (Å²) in [6.07, 6.45) is 1.73. The quantitative estimate of drug-likeness (QED) is 0.855. The molecule has 0 radical (unpaired) electrons. The van der Waals surface area contributed by atoms with E-state index in [9.17, 15) is 9.90 Å². The summed E-state index contributed by atoms with van der Waals surface area (Å²) < 4.78 is 10.2. The molecule has 0 bridgehead atoms. The van der Waals surface area contributed by atoms with Gasteiger partial charge in [0.05, 0.1) is 19.9 Å². The molecule has 0 unspecified atom stereocenters. The molecule has 1 aliphatic heterocycles. The number of amides is 1. The molecule has 2 N–H and O–H groups in total. The van der Waals surface area contributed by atoms with E-state index in [1.54, 1.807) is 43.5 Å². The Labute approximate surface area is 127 Å². The van der Waals surface area contributed by atoms with Crippen molar-refractivity contribution in [3.05, 3.63) is 47.5 Å². The van der Waals surface area contributed by atoms with E-state index in [1.165, 1.54) is 7.11 Å². The molecule has 5 heteroatoms. The summed E-state index contributed by atoms with van der Waals surface area (Å²) >= 11 is 0. The van der Waals surface area contributed by atoms with E-state index >= 15 is 0 Å². The van der Waals surface area contributed by atoms with Gasteiger partial charge < -0.3 is 19.9 Å². The summed E-state index contributed by atoms with van der Waals surface area (Å²) in [5.74, 6) is 0.925. The molecule has 0 atom stereocenters. The van der Waals surface area contributed by atoms with Crippen molar-refractivity contribution >= 4 is 23.2 Å². The molecule has 1 heterocycles. The normalized spacial score (nSPS) is 14.6. The van der Waals surface area contributed by atoms with Crippen molar-refractivity contribution < 1.29 is 19.4 Å². The number of benzene rings is 2. The van der Waals surface area contributed by atoms with Crippen LogP contribution in [0.4, 0.5) is 5.69 Å². The fourth-order valence-corrected chi connectivity index (χ4v) is 2.41. The molecule has 0 saturated carbocycles. The lowest BCUT2D eigenvalue weighted by Gasteiger charge is -2.05. The second-order valence-electron chi connectivity index (χ2n) is 4.85. The van der Waals surface area contributed by atoms with E-state index in [2.05, 4.69) is 5.32 Å². The smallest absolute Gasteiger partial charge is 0.256 e. The van der Waals surface area contributed by atoms with Gasteiger partial charge in [-0.25, -0.2) is 0 Å². The van der Waals surface area contributed by atoms with Crippen LogP contribution in [0.3, 0.4) is 0 Å². The van der Waals surface area contributed by atoms with Crippen LogP contribution in [-0.4, -0.2) is 25.2 Å². The van der Waals surface area contributed by atoms with Crippen molar-refractivity contribution in [1.82, 2.24) is 0 Å². The van der Waals surface area contributed by atoms with Gasteiger partial charge in [-0.15, -0.1) is 0 Å². The highest BCUT2D eigenvalue weighted by molar-refractivity contribution is 6.35. The number of phenolic OH excluding ortho intramolecular Hbond substituents is 1. The highest BCUT2D eigenvalue weighted by Crippen LogP contribution is 2.36. The number of hydrogen-bond donors (Lipinski definition) is 2. The number of carbonyl (C=O) groups is 1. The number of anilines is 1. The number of aromatic hydroxyl groups is 1. The third-order valence-electron chi connectivity index (χ3n) is 3.52. The fraction of sp³-hybridized carbons (Fsp3) is 0.118. The van der Waals surface area contributed by atoms with E-state index in [0.29, 0.717) is 28.3 Å². The van der Waals surface area contributed by atoms with Crippen molar-refractivity contribution in [1.29, 1.82) is 0 Å². The number of carbonyl (C=O) groups excluding carboxylic acids is 1. The lowest BCUT2D eigenvalue weighted by atomic mass is 10.0. The third-order valence-corrected chi connectivity index (χ3v) is 3.52. The maximum Gasteiger partial charge on any atom is 0.256 e. The Hall–Kier alpha value is -2.95. The zero-order valence-electron chi connectivity index (χ0n) is 12.2. The Kier molecular flexibility index (Phi) is 3.47. The maximum atomic E-state index is 12.1. The molecule has 22 heavy (non-hydrogen) atoms. The number of nitrogens with one attached hydrogen (secondary N) is 1. The Morgan fingerprint density at radius 2 is 1.91 bits per heavy atom. The molecular weight excluding hydrogens is 282 g/mol. The minimum atomic E-state index is -0.182. The highest BCUT2D eigenvalue weighted by Gasteiger charge is 2.24. The highest BCUT2D eigenvalue weighted by atomic mass is 16.5. The largest absolute Gasteiger partial charge is 0.504 e. The van der Waals surface area contributed by atoms with Gasteiger partial charge in [0.2, 0.25) is 0 Å². The number of hydrogen-bond acceptors (Lipinski definition) is 4. The molecule has 2 aromatic carbocycles. The van der Waals surface area contributed by atoms with Crippen molar-refractivity contribution in [2.75, 3.05) is 19.5 Å². The second kappa shape index (κ2) is 5.44. The maximum absolute atomic E-state index is 12.1. The molecule has 0 saturated heterocycles. The average molecular weight is 297 g/mol. The van der Waals surface area contributed by atoms with Crippen LogP contribution in [0, 0.1) is 0 Å². The van der Waals surface area contributed by atoms with Crippen LogP contribution >= 0.6 is 0 Å². The van der Waals surface area contributed by atoms with Crippen LogP contribution in [0.1, 0.15) is 11.1 Å². The molecule has 0 aromatic heterocycles. The summed E-state index contributed by atoms with van der Waals surface area (Å²) in [7, 11) is 3.07.